The number of rotatable bonds is 5. The fourth-order valence-corrected chi connectivity index (χ4v) is 1.05. The third kappa shape index (κ3) is 3.53. The maximum Gasteiger partial charge on any atom is 0.342 e. The van der Waals surface area contributed by atoms with Gasteiger partial charge in [-0.1, -0.05) is 13.3 Å². The van der Waals surface area contributed by atoms with Crippen LogP contribution in [-0.4, -0.2) is 24.5 Å². The molecule has 0 N–H and O–H groups in total. The molecule has 0 spiro atoms. The van der Waals surface area contributed by atoms with Crippen LogP contribution >= 0.6 is 0 Å². The first-order valence-electron chi connectivity index (χ1n) is 4.75. The molecular formula is C10H12O5. The Bertz CT molecular complexity index is 316. The van der Waals surface area contributed by atoms with Crippen LogP contribution in [0.15, 0.2) is 11.6 Å². The molecule has 0 bridgehead atoms. The molecular weight excluding hydrogens is 200 g/mol. The molecule has 1 aliphatic heterocycles. The van der Waals surface area contributed by atoms with E-state index in [2.05, 4.69) is 4.74 Å². The first-order chi connectivity index (χ1) is 7.13. The van der Waals surface area contributed by atoms with E-state index < -0.39 is 17.9 Å². The van der Waals surface area contributed by atoms with Crippen LogP contribution in [0.3, 0.4) is 0 Å². The van der Waals surface area contributed by atoms with E-state index in [1.165, 1.54) is 0 Å². The van der Waals surface area contributed by atoms with Gasteiger partial charge in [-0.2, -0.15) is 0 Å². The van der Waals surface area contributed by atoms with Crippen molar-refractivity contribution in [1.82, 2.24) is 0 Å². The minimum Gasteiger partial charge on any atom is -0.465 e. The third-order valence-corrected chi connectivity index (χ3v) is 1.84. The molecule has 1 heterocycles. The van der Waals surface area contributed by atoms with Crippen molar-refractivity contribution < 1.29 is 23.9 Å². The Morgan fingerprint density at radius 1 is 1.47 bits per heavy atom. The van der Waals surface area contributed by atoms with Crippen LogP contribution in [0.1, 0.15) is 26.2 Å². The van der Waals surface area contributed by atoms with Crippen LogP contribution in [-0.2, 0) is 23.9 Å². The number of hydrogen-bond donors (Lipinski definition) is 0. The van der Waals surface area contributed by atoms with Crippen LogP contribution in [0.4, 0.5) is 0 Å². The summed E-state index contributed by atoms with van der Waals surface area (Å²) in [6, 6.07) is 0. The molecule has 0 aromatic heterocycles. The number of ether oxygens (including phenoxy) is 2. The van der Waals surface area contributed by atoms with Gasteiger partial charge in [-0.25, -0.2) is 9.59 Å². The summed E-state index contributed by atoms with van der Waals surface area (Å²) >= 11 is 0. The highest BCUT2D eigenvalue weighted by Gasteiger charge is 2.25. The first kappa shape index (κ1) is 11.4. The van der Waals surface area contributed by atoms with Gasteiger partial charge in [0.1, 0.15) is 0 Å². The van der Waals surface area contributed by atoms with E-state index in [1.54, 1.807) is 0 Å². The molecule has 0 aromatic carbocycles. The minimum atomic E-state index is -0.757. The molecule has 5 heteroatoms. The van der Waals surface area contributed by atoms with E-state index in [9.17, 15) is 14.4 Å². The van der Waals surface area contributed by atoms with Gasteiger partial charge in [0.25, 0.3) is 0 Å². The van der Waals surface area contributed by atoms with Gasteiger partial charge in [-0.3, -0.25) is 4.79 Å². The van der Waals surface area contributed by atoms with Crippen molar-refractivity contribution in [3.05, 3.63) is 11.6 Å². The van der Waals surface area contributed by atoms with Crippen molar-refractivity contribution in [3.63, 3.8) is 0 Å². The molecule has 82 valence electrons. The zero-order valence-electron chi connectivity index (χ0n) is 8.45. The standard InChI is InChI=1S/C10H12O5/c1-2-3-4-14-8(11)5-7-6-9(12)15-10(7)13/h6H,2-5H2,1H3. The van der Waals surface area contributed by atoms with Gasteiger partial charge in [0.05, 0.1) is 18.6 Å². The van der Waals surface area contributed by atoms with Crippen molar-refractivity contribution in [1.29, 1.82) is 0 Å². The summed E-state index contributed by atoms with van der Waals surface area (Å²) in [4.78, 5) is 32.7. The highest BCUT2D eigenvalue weighted by molar-refractivity contribution is 6.10. The fourth-order valence-electron chi connectivity index (χ4n) is 1.05. The second kappa shape index (κ2) is 5.29. The topological polar surface area (TPSA) is 69.7 Å². The summed E-state index contributed by atoms with van der Waals surface area (Å²) in [5.41, 5.74) is 0.0569. The zero-order valence-corrected chi connectivity index (χ0v) is 8.45. The van der Waals surface area contributed by atoms with Gasteiger partial charge in [-0.05, 0) is 6.42 Å². The van der Waals surface area contributed by atoms with Gasteiger partial charge in [-0.15, -0.1) is 0 Å². The predicted molar refractivity (Wildman–Crippen MR) is 49.7 cm³/mol. The first-order valence-corrected chi connectivity index (χ1v) is 4.75. The lowest BCUT2D eigenvalue weighted by atomic mass is 10.2. The molecule has 1 aliphatic rings. The number of cyclic esters (lactones) is 2. The summed E-state index contributed by atoms with van der Waals surface area (Å²) in [5.74, 6) is -2.00. The van der Waals surface area contributed by atoms with E-state index >= 15 is 0 Å². The Morgan fingerprint density at radius 3 is 2.73 bits per heavy atom. The molecule has 0 aromatic rings. The number of hydrogen-bond acceptors (Lipinski definition) is 5. The van der Waals surface area contributed by atoms with E-state index in [0.29, 0.717) is 6.61 Å². The van der Waals surface area contributed by atoms with Crippen LogP contribution < -0.4 is 0 Å². The maximum atomic E-state index is 11.1. The molecule has 5 nitrogen and oxygen atoms in total. The number of carbonyl (C=O) groups excluding carboxylic acids is 3. The van der Waals surface area contributed by atoms with Gasteiger partial charge in [0.2, 0.25) is 0 Å². The average Bonchev–Trinajstić information content (AvgIpc) is 2.45. The van der Waals surface area contributed by atoms with Crippen molar-refractivity contribution >= 4 is 17.9 Å². The summed E-state index contributed by atoms with van der Waals surface area (Å²) in [5, 5.41) is 0. The predicted octanol–water partition coefficient (Wildman–Crippen LogP) is 0.730. The smallest absolute Gasteiger partial charge is 0.342 e. The van der Waals surface area contributed by atoms with Gasteiger partial charge in [0.15, 0.2) is 0 Å². The van der Waals surface area contributed by atoms with E-state index in [-0.39, 0.29) is 12.0 Å². The normalized spacial score (nSPS) is 14.9. The SMILES string of the molecule is CCCCOC(=O)CC1=CC(=O)OC1=O. The van der Waals surface area contributed by atoms with Crippen LogP contribution in [0.5, 0.6) is 0 Å². The van der Waals surface area contributed by atoms with Crippen LogP contribution in [0.2, 0.25) is 0 Å². The maximum absolute atomic E-state index is 11.1. The third-order valence-electron chi connectivity index (χ3n) is 1.84. The summed E-state index contributed by atoms with van der Waals surface area (Å²) in [7, 11) is 0. The van der Waals surface area contributed by atoms with Gasteiger partial charge in [0, 0.05) is 6.08 Å². The van der Waals surface area contributed by atoms with Crippen molar-refractivity contribution in [3.8, 4) is 0 Å². The van der Waals surface area contributed by atoms with Crippen molar-refractivity contribution in [2.45, 2.75) is 26.2 Å². The second-order valence-corrected chi connectivity index (χ2v) is 3.13. The van der Waals surface area contributed by atoms with Crippen molar-refractivity contribution in [2.75, 3.05) is 6.61 Å². The zero-order chi connectivity index (χ0) is 11.3. The Labute approximate surface area is 87.0 Å². The lowest BCUT2D eigenvalue weighted by molar-refractivity contribution is -0.152. The number of esters is 3. The summed E-state index contributed by atoms with van der Waals surface area (Å²) in [6.07, 6.45) is 2.53. The van der Waals surface area contributed by atoms with E-state index in [0.717, 1.165) is 18.9 Å². The molecule has 15 heavy (non-hydrogen) atoms. The Hall–Kier alpha value is -1.65. The van der Waals surface area contributed by atoms with E-state index in [4.69, 9.17) is 4.74 Å². The van der Waals surface area contributed by atoms with Gasteiger partial charge < -0.3 is 9.47 Å². The summed E-state index contributed by atoms with van der Waals surface area (Å²) in [6.45, 7) is 2.31. The van der Waals surface area contributed by atoms with Crippen molar-refractivity contribution in [2.24, 2.45) is 0 Å². The fraction of sp³-hybridized carbons (Fsp3) is 0.500. The highest BCUT2D eigenvalue weighted by atomic mass is 16.6. The Balaban J connectivity index is 2.35. The lowest BCUT2D eigenvalue weighted by Crippen LogP contribution is -2.10. The van der Waals surface area contributed by atoms with Gasteiger partial charge >= 0.3 is 17.9 Å². The molecule has 0 saturated carbocycles. The average molecular weight is 212 g/mol. The largest absolute Gasteiger partial charge is 0.465 e. The lowest BCUT2D eigenvalue weighted by Gasteiger charge is -2.02. The molecule has 0 aliphatic carbocycles. The second-order valence-electron chi connectivity index (χ2n) is 3.13. The Kier molecular flexibility index (Phi) is 4.03. The number of unbranched alkanes of at least 4 members (excludes halogenated alkanes) is 1. The monoisotopic (exact) mass is 212 g/mol. The van der Waals surface area contributed by atoms with E-state index in [1.807, 2.05) is 6.92 Å². The molecule has 1 rings (SSSR count). The van der Waals surface area contributed by atoms with Crippen LogP contribution in [0.25, 0.3) is 0 Å². The quantitative estimate of drug-likeness (QED) is 0.381. The molecule has 0 atom stereocenters. The molecule has 0 unspecified atom stereocenters. The van der Waals surface area contributed by atoms with Crippen LogP contribution in [0, 0.1) is 0 Å². The molecule has 0 saturated heterocycles. The molecule has 0 fully saturated rings. The Morgan fingerprint density at radius 2 is 2.20 bits per heavy atom. The molecule has 0 radical (unpaired) electrons. The number of carbonyl (C=O) groups is 3. The molecule has 0 amide bonds. The highest BCUT2D eigenvalue weighted by Crippen LogP contribution is 2.12. The minimum absolute atomic E-state index is 0.0569. The summed E-state index contributed by atoms with van der Waals surface area (Å²) < 4.78 is 9.05.